The van der Waals surface area contributed by atoms with Gasteiger partial charge in [0.15, 0.2) is 6.61 Å². The maximum atomic E-state index is 12.2. The fourth-order valence-electron chi connectivity index (χ4n) is 3.43. The molecule has 0 atom stereocenters. The van der Waals surface area contributed by atoms with Crippen LogP contribution in [-0.2, 0) is 11.4 Å². The minimum absolute atomic E-state index is 0.155. The van der Waals surface area contributed by atoms with Crippen molar-refractivity contribution in [2.24, 2.45) is 5.10 Å². The van der Waals surface area contributed by atoms with E-state index >= 15 is 0 Å². The highest BCUT2D eigenvalue weighted by Crippen LogP contribution is 2.29. The standard InChI is InChI=1S/C29H22I2N2O5/c30-25-14-20(15-26(31)28(25)38-17-19-6-8-23(9-7-19)29(35)36)16-32-33-27(34)18-37-24-12-10-22(11-13-24)21-4-2-1-3-5-21/h1-16H,17-18H2,(H,33,34)(H,35,36)/b32-16+. The molecular weight excluding hydrogens is 710 g/mol. The molecule has 38 heavy (non-hydrogen) atoms. The summed E-state index contributed by atoms with van der Waals surface area (Å²) < 4.78 is 13.3. The second-order valence-electron chi connectivity index (χ2n) is 8.08. The summed E-state index contributed by atoms with van der Waals surface area (Å²) in [6, 6.07) is 27.9. The van der Waals surface area contributed by atoms with Crippen molar-refractivity contribution in [1.82, 2.24) is 5.43 Å². The molecule has 0 aromatic heterocycles. The summed E-state index contributed by atoms with van der Waals surface area (Å²) in [4.78, 5) is 23.2. The summed E-state index contributed by atoms with van der Waals surface area (Å²) >= 11 is 4.37. The van der Waals surface area contributed by atoms with E-state index in [1.54, 1.807) is 30.5 Å². The van der Waals surface area contributed by atoms with Crippen LogP contribution in [0, 0.1) is 7.14 Å². The smallest absolute Gasteiger partial charge is 0.335 e. The summed E-state index contributed by atoms with van der Waals surface area (Å²) in [5.74, 6) is -0.00859. The lowest BCUT2D eigenvalue weighted by molar-refractivity contribution is -0.123. The third kappa shape index (κ3) is 7.78. The number of nitrogens with one attached hydrogen (secondary N) is 1. The highest BCUT2D eigenvalue weighted by atomic mass is 127. The number of halogens is 2. The Morgan fingerprint density at radius 3 is 2.11 bits per heavy atom. The van der Waals surface area contributed by atoms with Crippen LogP contribution >= 0.6 is 45.2 Å². The largest absolute Gasteiger partial charge is 0.487 e. The fourth-order valence-corrected chi connectivity index (χ4v) is 5.55. The molecule has 0 spiro atoms. The van der Waals surface area contributed by atoms with Gasteiger partial charge < -0.3 is 14.6 Å². The highest BCUT2D eigenvalue weighted by Gasteiger charge is 2.10. The maximum Gasteiger partial charge on any atom is 0.335 e. The van der Waals surface area contributed by atoms with Crippen molar-refractivity contribution in [3.63, 3.8) is 0 Å². The van der Waals surface area contributed by atoms with Crippen LogP contribution in [0.3, 0.4) is 0 Å². The Labute approximate surface area is 247 Å². The molecule has 0 aliphatic heterocycles. The first-order valence-electron chi connectivity index (χ1n) is 11.4. The monoisotopic (exact) mass is 732 g/mol. The molecule has 0 fully saturated rings. The molecule has 4 aromatic rings. The second kappa shape index (κ2) is 13.4. The zero-order valence-corrected chi connectivity index (χ0v) is 24.3. The van der Waals surface area contributed by atoms with E-state index in [4.69, 9.17) is 14.6 Å². The first-order valence-corrected chi connectivity index (χ1v) is 13.6. The van der Waals surface area contributed by atoms with Gasteiger partial charge in [0.1, 0.15) is 18.1 Å². The van der Waals surface area contributed by atoms with Gasteiger partial charge in [-0.2, -0.15) is 5.10 Å². The number of amides is 1. The molecule has 192 valence electrons. The molecule has 0 bridgehead atoms. The average molecular weight is 732 g/mol. The van der Waals surface area contributed by atoms with E-state index in [-0.39, 0.29) is 18.1 Å². The van der Waals surface area contributed by atoms with Gasteiger partial charge in [-0.25, -0.2) is 10.2 Å². The molecular formula is C29H22I2N2O5. The van der Waals surface area contributed by atoms with Gasteiger partial charge in [0.25, 0.3) is 5.91 Å². The number of nitrogens with zero attached hydrogens (tertiary/aromatic N) is 1. The van der Waals surface area contributed by atoms with E-state index in [2.05, 4.69) is 55.7 Å². The average Bonchev–Trinajstić information content (AvgIpc) is 2.92. The van der Waals surface area contributed by atoms with Gasteiger partial charge in [-0.1, -0.05) is 54.6 Å². The number of carboxylic acid groups (broad SMARTS) is 1. The topological polar surface area (TPSA) is 97.2 Å². The third-order valence-electron chi connectivity index (χ3n) is 5.34. The quantitative estimate of drug-likeness (QED) is 0.112. The van der Waals surface area contributed by atoms with Crippen molar-refractivity contribution in [1.29, 1.82) is 0 Å². The van der Waals surface area contributed by atoms with Crippen LogP contribution in [0.4, 0.5) is 0 Å². The number of carbonyl (C=O) groups is 2. The van der Waals surface area contributed by atoms with E-state index in [0.29, 0.717) is 12.4 Å². The van der Waals surface area contributed by atoms with Crippen molar-refractivity contribution >= 4 is 63.3 Å². The summed E-state index contributed by atoms with van der Waals surface area (Å²) in [6.07, 6.45) is 1.56. The molecule has 0 saturated carbocycles. The van der Waals surface area contributed by atoms with Crippen LogP contribution < -0.4 is 14.9 Å². The van der Waals surface area contributed by atoms with E-state index in [1.165, 1.54) is 0 Å². The summed E-state index contributed by atoms with van der Waals surface area (Å²) in [6.45, 7) is 0.154. The number of carboxylic acids is 1. The number of ether oxygens (including phenoxy) is 2. The summed E-state index contributed by atoms with van der Waals surface area (Å²) in [5, 5.41) is 13.1. The van der Waals surface area contributed by atoms with Crippen LogP contribution in [0.2, 0.25) is 0 Å². The Morgan fingerprint density at radius 1 is 0.842 bits per heavy atom. The molecule has 0 aliphatic carbocycles. The Bertz CT molecular complexity index is 1420. The van der Waals surface area contributed by atoms with Crippen molar-refractivity contribution in [2.75, 3.05) is 6.61 Å². The van der Waals surface area contributed by atoms with Crippen LogP contribution in [0.1, 0.15) is 21.5 Å². The zero-order valence-electron chi connectivity index (χ0n) is 19.9. The number of rotatable bonds is 10. The number of benzene rings is 4. The van der Waals surface area contributed by atoms with Crippen LogP contribution in [0.5, 0.6) is 11.5 Å². The van der Waals surface area contributed by atoms with Crippen LogP contribution in [-0.4, -0.2) is 29.8 Å². The summed E-state index contributed by atoms with van der Waals surface area (Å²) in [5.41, 5.74) is 6.56. The molecule has 0 saturated heterocycles. The number of carbonyl (C=O) groups excluding carboxylic acids is 1. The molecule has 2 N–H and O–H groups in total. The predicted molar refractivity (Wildman–Crippen MR) is 163 cm³/mol. The van der Waals surface area contributed by atoms with Gasteiger partial charge in [-0.15, -0.1) is 0 Å². The molecule has 4 aromatic carbocycles. The van der Waals surface area contributed by atoms with Crippen molar-refractivity contribution < 1.29 is 24.2 Å². The first-order chi connectivity index (χ1) is 18.4. The van der Waals surface area contributed by atoms with E-state index in [9.17, 15) is 9.59 Å². The normalized spacial score (nSPS) is 10.8. The van der Waals surface area contributed by atoms with Gasteiger partial charge in [-0.05, 0) is 104 Å². The SMILES string of the molecule is O=C(COc1ccc(-c2ccccc2)cc1)N/N=C/c1cc(I)c(OCc2ccc(C(=O)O)cc2)c(I)c1. The number of hydrogen-bond acceptors (Lipinski definition) is 5. The molecule has 0 radical (unpaired) electrons. The predicted octanol–water partition coefficient (Wildman–Crippen LogP) is 6.37. The van der Waals surface area contributed by atoms with E-state index in [0.717, 1.165) is 35.1 Å². The van der Waals surface area contributed by atoms with Crippen molar-refractivity contribution in [3.8, 4) is 22.6 Å². The zero-order chi connectivity index (χ0) is 26.9. The van der Waals surface area contributed by atoms with Crippen molar-refractivity contribution in [2.45, 2.75) is 6.61 Å². The number of aromatic carboxylic acids is 1. The third-order valence-corrected chi connectivity index (χ3v) is 6.94. The molecule has 0 aliphatic rings. The van der Waals surface area contributed by atoms with Crippen LogP contribution in [0.25, 0.3) is 11.1 Å². The Kier molecular flexibility index (Phi) is 9.71. The second-order valence-corrected chi connectivity index (χ2v) is 10.4. The van der Waals surface area contributed by atoms with Crippen molar-refractivity contribution in [3.05, 3.63) is 115 Å². The maximum absolute atomic E-state index is 12.2. The fraction of sp³-hybridized carbons (Fsp3) is 0.0690. The molecule has 0 heterocycles. The first kappa shape index (κ1) is 27.6. The number of hydrazone groups is 1. The van der Waals surface area contributed by atoms with Gasteiger partial charge in [-0.3, -0.25) is 4.79 Å². The molecule has 0 unspecified atom stereocenters. The Balaban J connectivity index is 1.26. The van der Waals surface area contributed by atoms with Gasteiger partial charge in [0.05, 0.1) is 18.9 Å². The van der Waals surface area contributed by atoms with Gasteiger partial charge >= 0.3 is 5.97 Å². The highest BCUT2D eigenvalue weighted by molar-refractivity contribution is 14.1. The van der Waals surface area contributed by atoms with E-state index < -0.39 is 5.97 Å². The Hall–Kier alpha value is -3.45. The molecule has 1 amide bonds. The van der Waals surface area contributed by atoms with Crippen LogP contribution in [0.15, 0.2) is 96.1 Å². The summed E-state index contributed by atoms with van der Waals surface area (Å²) in [7, 11) is 0. The molecule has 7 nitrogen and oxygen atoms in total. The number of hydrogen-bond donors (Lipinski definition) is 2. The minimum Gasteiger partial charge on any atom is -0.487 e. The lowest BCUT2D eigenvalue weighted by Gasteiger charge is -2.11. The Morgan fingerprint density at radius 2 is 1.47 bits per heavy atom. The lowest BCUT2D eigenvalue weighted by Crippen LogP contribution is -2.24. The van der Waals surface area contributed by atoms with E-state index in [1.807, 2.05) is 66.7 Å². The van der Waals surface area contributed by atoms with Gasteiger partial charge in [0, 0.05) is 0 Å². The molecule has 4 rings (SSSR count). The minimum atomic E-state index is -0.962. The molecule has 9 heteroatoms. The van der Waals surface area contributed by atoms with Gasteiger partial charge in [0.2, 0.25) is 0 Å². The lowest BCUT2D eigenvalue weighted by atomic mass is 10.1.